The number of hydrogen-bond donors (Lipinski definition) is 1. The number of ether oxygens (including phenoxy) is 2. The predicted octanol–water partition coefficient (Wildman–Crippen LogP) is 2.46. The topological polar surface area (TPSA) is 50.8 Å². The van der Waals surface area contributed by atoms with Crippen LogP contribution in [0, 0.1) is 0 Å². The number of rotatable bonds is 4. The number of methoxy groups -OCH3 is 1. The molecule has 1 saturated heterocycles. The van der Waals surface area contributed by atoms with E-state index < -0.39 is 0 Å². The molecule has 0 aromatic heterocycles. The molecule has 1 aliphatic heterocycles. The number of benzene rings is 1. The Balaban J connectivity index is 1.87. The van der Waals surface area contributed by atoms with E-state index in [4.69, 9.17) is 21.1 Å². The average Bonchev–Trinajstić information content (AvgIpc) is 2.49. The zero-order chi connectivity index (χ0) is 15.2. The van der Waals surface area contributed by atoms with Crippen molar-refractivity contribution in [2.24, 2.45) is 0 Å². The van der Waals surface area contributed by atoms with Crippen LogP contribution in [0.15, 0.2) is 24.3 Å². The number of amides is 2. The van der Waals surface area contributed by atoms with Crippen LogP contribution in [-0.2, 0) is 9.47 Å². The number of carbonyl (C=O) groups is 1. The van der Waals surface area contributed by atoms with E-state index in [1.807, 2.05) is 31.2 Å². The molecule has 1 aromatic rings. The Labute approximate surface area is 130 Å². The third-order valence-corrected chi connectivity index (χ3v) is 3.75. The third kappa shape index (κ3) is 4.59. The molecule has 21 heavy (non-hydrogen) atoms. The van der Waals surface area contributed by atoms with Crippen LogP contribution in [0.25, 0.3) is 0 Å². The van der Waals surface area contributed by atoms with E-state index in [9.17, 15) is 4.79 Å². The van der Waals surface area contributed by atoms with E-state index in [0.29, 0.717) is 31.3 Å². The second kappa shape index (κ2) is 7.64. The Hall–Kier alpha value is -1.30. The maximum absolute atomic E-state index is 12.1. The van der Waals surface area contributed by atoms with Crippen molar-refractivity contribution in [2.45, 2.75) is 19.1 Å². The number of nitrogens with zero attached hydrogens (tertiary/aromatic N) is 1. The maximum Gasteiger partial charge on any atom is 0.317 e. The second-order valence-corrected chi connectivity index (χ2v) is 5.53. The van der Waals surface area contributed by atoms with Gasteiger partial charge in [-0.05, 0) is 24.6 Å². The van der Waals surface area contributed by atoms with Crippen molar-refractivity contribution in [3.05, 3.63) is 34.9 Å². The van der Waals surface area contributed by atoms with Gasteiger partial charge in [0.2, 0.25) is 0 Å². The summed E-state index contributed by atoms with van der Waals surface area (Å²) in [6, 6.07) is 7.35. The SMILES string of the molecule is CO[C@@H](CNC(=O)N1CCO[C@@H](C)C1)c1ccc(Cl)cc1. The van der Waals surface area contributed by atoms with Crippen LogP contribution >= 0.6 is 11.6 Å². The minimum Gasteiger partial charge on any atom is -0.375 e. The average molecular weight is 313 g/mol. The van der Waals surface area contributed by atoms with Gasteiger partial charge < -0.3 is 19.7 Å². The first-order chi connectivity index (χ1) is 10.1. The lowest BCUT2D eigenvalue weighted by molar-refractivity contribution is -0.00412. The summed E-state index contributed by atoms with van der Waals surface area (Å²) in [6.45, 7) is 4.20. The van der Waals surface area contributed by atoms with Gasteiger partial charge in [-0.2, -0.15) is 0 Å². The highest BCUT2D eigenvalue weighted by molar-refractivity contribution is 6.30. The number of nitrogens with one attached hydrogen (secondary N) is 1. The monoisotopic (exact) mass is 312 g/mol. The Kier molecular flexibility index (Phi) is 5.85. The molecule has 0 saturated carbocycles. The van der Waals surface area contributed by atoms with Gasteiger partial charge in [0, 0.05) is 31.8 Å². The Morgan fingerprint density at radius 3 is 2.86 bits per heavy atom. The van der Waals surface area contributed by atoms with Gasteiger partial charge in [-0.3, -0.25) is 0 Å². The predicted molar refractivity (Wildman–Crippen MR) is 81.6 cm³/mol. The summed E-state index contributed by atoms with van der Waals surface area (Å²) in [5.41, 5.74) is 0.984. The van der Waals surface area contributed by atoms with Crippen molar-refractivity contribution in [1.82, 2.24) is 10.2 Å². The normalized spacial score (nSPS) is 20.1. The molecule has 1 aromatic carbocycles. The molecule has 1 fully saturated rings. The highest BCUT2D eigenvalue weighted by atomic mass is 35.5. The molecule has 1 aliphatic rings. The van der Waals surface area contributed by atoms with Gasteiger partial charge in [0.05, 0.1) is 18.8 Å². The molecule has 1 N–H and O–H groups in total. The first-order valence-electron chi connectivity index (χ1n) is 7.02. The summed E-state index contributed by atoms with van der Waals surface area (Å²) in [7, 11) is 1.63. The molecule has 6 heteroatoms. The molecule has 2 rings (SSSR count). The van der Waals surface area contributed by atoms with E-state index in [2.05, 4.69) is 5.32 Å². The molecule has 2 atom stereocenters. The van der Waals surface area contributed by atoms with Gasteiger partial charge in [0.25, 0.3) is 0 Å². The molecule has 0 radical (unpaired) electrons. The van der Waals surface area contributed by atoms with Crippen LogP contribution in [0.4, 0.5) is 4.79 Å². The van der Waals surface area contributed by atoms with Gasteiger partial charge in [0.15, 0.2) is 0 Å². The van der Waals surface area contributed by atoms with Gasteiger partial charge in [-0.25, -0.2) is 4.79 Å². The largest absolute Gasteiger partial charge is 0.375 e. The van der Waals surface area contributed by atoms with Gasteiger partial charge in [-0.1, -0.05) is 23.7 Å². The van der Waals surface area contributed by atoms with E-state index in [1.165, 1.54) is 0 Å². The first kappa shape index (κ1) is 16.1. The standard InChI is InChI=1S/C15H21ClN2O3/c1-11-10-18(7-8-21-11)15(19)17-9-14(20-2)12-3-5-13(16)6-4-12/h3-6,11,14H,7-10H2,1-2H3,(H,17,19)/t11-,14-/m0/s1. The van der Waals surface area contributed by atoms with Crippen LogP contribution in [0.2, 0.25) is 5.02 Å². The highest BCUT2D eigenvalue weighted by Crippen LogP contribution is 2.18. The Bertz CT molecular complexity index is 466. The van der Waals surface area contributed by atoms with E-state index in [1.54, 1.807) is 12.0 Å². The summed E-state index contributed by atoms with van der Waals surface area (Å²) in [4.78, 5) is 13.9. The number of urea groups is 1. The lowest BCUT2D eigenvalue weighted by atomic mass is 10.1. The van der Waals surface area contributed by atoms with Crippen LogP contribution in [0.5, 0.6) is 0 Å². The molecule has 0 spiro atoms. The molecule has 116 valence electrons. The van der Waals surface area contributed by atoms with Crippen LogP contribution in [-0.4, -0.2) is 50.4 Å². The highest BCUT2D eigenvalue weighted by Gasteiger charge is 2.22. The molecule has 1 heterocycles. The van der Waals surface area contributed by atoms with Crippen LogP contribution in [0.3, 0.4) is 0 Å². The van der Waals surface area contributed by atoms with E-state index in [0.717, 1.165) is 5.56 Å². The molecular weight excluding hydrogens is 292 g/mol. The number of carbonyl (C=O) groups excluding carboxylic acids is 1. The van der Waals surface area contributed by atoms with Crippen molar-refractivity contribution in [3.8, 4) is 0 Å². The quantitative estimate of drug-likeness (QED) is 0.929. The lowest BCUT2D eigenvalue weighted by Gasteiger charge is -2.31. The second-order valence-electron chi connectivity index (χ2n) is 5.09. The maximum atomic E-state index is 12.1. The summed E-state index contributed by atoms with van der Waals surface area (Å²) < 4.78 is 10.9. The van der Waals surface area contributed by atoms with Crippen LogP contribution < -0.4 is 5.32 Å². The van der Waals surface area contributed by atoms with Gasteiger partial charge >= 0.3 is 6.03 Å². The minimum absolute atomic E-state index is 0.0823. The van der Waals surface area contributed by atoms with Crippen molar-refractivity contribution >= 4 is 17.6 Å². The summed E-state index contributed by atoms with van der Waals surface area (Å²) >= 11 is 5.87. The molecular formula is C15H21ClN2O3. The van der Waals surface area contributed by atoms with Crippen molar-refractivity contribution < 1.29 is 14.3 Å². The van der Waals surface area contributed by atoms with Crippen molar-refractivity contribution in [3.63, 3.8) is 0 Å². The minimum atomic E-state index is -0.190. The number of morpholine rings is 1. The van der Waals surface area contributed by atoms with Crippen molar-refractivity contribution in [2.75, 3.05) is 33.4 Å². The third-order valence-electron chi connectivity index (χ3n) is 3.49. The molecule has 0 bridgehead atoms. The van der Waals surface area contributed by atoms with Crippen molar-refractivity contribution in [1.29, 1.82) is 0 Å². The Morgan fingerprint density at radius 1 is 1.52 bits per heavy atom. The number of halogens is 1. The summed E-state index contributed by atoms with van der Waals surface area (Å²) in [6.07, 6.45) is -0.108. The fourth-order valence-electron chi connectivity index (χ4n) is 2.31. The Morgan fingerprint density at radius 2 is 2.24 bits per heavy atom. The molecule has 0 aliphatic carbocycles. The van der Waals surface area contributed by atoms with Gasteiger partial charge in [0.1, 0.15) is 0 Å². The fraction of sp³-hybridized carbons (Fsp3) is 0.533. The molecule has 5 nitrogen and oxygen atoms in total. The molecule has 2 amide bonds. The van der Waals surface area contributed by atoms with E-state index >= 15 is 0 Å². The molecule has 0 unspecified atom stereocenters. The first-order valence-corrected chi connectivity index (χ1v) is 7.40. The van der Waals surface area contributed by atoms with Gasteiger partial charge in [-0.15, -0.1) is 0 Å². The summed E-state index contributed by atoms with van der Waals surface area (Å²) in [5.74, 6) is 0. The lowest BCUT2D eigenvalue weighted by Crippen LogP contribution is -2.49. The van der Waals surface area contributed by atoms with Crippen LogP contribution in [0.1, 0.15) is 18.6 Å². The number of hydrogen-bond acceptors (Lipinski definition) is 3. The smallest absolute Gasteiger partial charge is 0.317 e. The van der Waals surface area contributed by atoms with E-state index in [-0.39, 0.29) is 18.2 Å². The fourth-order valence-corrected chi connectivity index (χ4v) is 2.44. The zero-order valence-electron chi connectivity index (χ0n) is 12.3. The zero-order valence-corrected chi connectivity index (χ0v) is 13.1. The summed E-state index contributed by atoms with van der Waals surface area (Å²) in [5, 5.41) is 3.59.